The predicted octanol–water partition coefficient (Wildman–Crippen LogP) is 2.49. The zero-order valence-corrected chi connectivity index (χ0v) is 12.1. The fraction of sp³-hybridized carbons (Fsp3) is 0.0588. The molecule has 6 nitrogen and oxygen atoms in total. The molecule has 112 valence electrons. The van der Waals surface area contributed by atoms with Crippen LogP contribution < -0.4 is 5.56 Å². The van der Waals surface area contributed by atoms with Crippen molar-refractivity contribution in [2.75, 3.05) is 0 Å². The van der Waals surface area contributed by atoms with E-state index in [1.165, 1.54) is 4.68 Å². The molecule has 1 aromatic carbocycles. The molecule has 4 aromatic rings. The molecule has 0 fully saturated rings. The van der Waals surface area contributed by atoms with Crippen molar-refractivity contribution in [1.29, 1.82) is 0 Å². The summed E-state index contributed by atoms with van der Waals surface area (Å²) in [4.78, 5) is 16.5. The van der Waals surface area contributed by atoms with Gasteiger partial charge in [0, 0.05) is 17.8 Å². The van der Waals surface area contributed by atoms with Crippen molar-refractivity contribution >= 4 is 10.9 Å². The summed E-state index contributed by atoms with van der Waals surface area (Å²) in [6.07, 6.45) is 3.21. The molecule has 0 unspecified atom stereocenters. The summed E-state index contributed by atoms with van der Waals surface area (Å²) in [6.45, 7) is 0.226. The molecule has 23 heavy (non-hydrogen) atoms. The highest BCUT2D eigenvalue weighted by Crippen LogP contribution is 2.18. The molecule has 0 saturated carbocycles. The maximum atomic E-state index is 12.4. The van der Waals surface area contributed by atoms with Crippen LogP contribution in [0.4, 0.5) is 0 Å². The van der Waals surface area contributed by atoms with Gasteiger partial charge in [0.1, 0.15) is 12.2 Å². The number of aromatic nitrogens is 4. The number of rotatable bonds is 3. The molecule has 0 radical (unpaired) electrons. The van der Waals surface area contributed by atoms with Gasteiger partial charge in [0.15, 0.2) is 5.76 Å². The smallest absolute Gasteiger partial charge is 0.276 e. The average Bonchev–Trinajstić information content (AvgIpc) is 3.07. The van der Waals surface area contributed by atoms with Crippen LogP contribution in [0, 0.1) is 0 Å². The maximum absolute atomic E-state index is 12.4. The molecule has 6 heteroatoms. The van der Waals surface area contributed by atoms with Crippen LogP contribution in [0.25, 0.3) is 22.2 Å². The third kappa shape index (κ3) is 2.50. The van der Waals surface area contributed by atoms with Gasteiger partial charge in [0.05, 0.1) is 17.1 Å². The number of fused-ring (bicyclic) bond motifs is 1. The van der Waals surface area contributed by atoms with Crippen molar-refractivity contribution in [3.63, 3.8) is 0 Å². The van der Waals surface area contributed by atoms with Crippen LogP contribution in [0.5, 0.6) is 0 Å². The standard InChI is InChI=1S/C17H12N4O2/c22-17-14-7-4-8-18-16(14)10-19-21(17)11-13-9-15(20-23-13)12-5-2-1-3-6-12/h1-10H,11H2. The molecule has 0 aliphatic rings. The Kier molecular flexibility index (Phi) is 3.20. The van der Waals surface area contributed by atoms with Gasteiger partial charge >= 0.3 is 0 Å². The number of hydrogen-bond acceptors (Lipinski definition) is 5. The molecular formula is C17H12N4O2. The summed E-state index contributed by atoms with van der Waals surface area (Å²) in [5, 5.41) is 8.71. The summed E-state index contributed by atoms with van der Waals surface area (Å²) in [7, 11) is 0. The lowest BCUT2D eigenvalue weighted by molar-refractivity contribution is 0.370. The molecule has 0 amide bonds. The first-order chi connectivity index (χ1) is 11.3. The van der Waals surface area contributed by atoms with Crippen molar-refractivity contribution in [2.24, 2.45) is 0 Å². The summed E-state index contributed by atoms with van der Waals surface area (Å²) in [5.74, 6) is 0.571. The van der Waals surface area contributed by atoms with E-state index in [1.807, 2.05) is 36.4 Å². The lowest BCUT2D eigenvalue weighted by Gasteiger charge is -2.02. The van der Waals surface area contributed by atoms with Gasteiger partial charge in [-0.2, -0.15) is 5.10 Å². The number of pyridine rings is 1. The van der Waals surface area contributed by atoms with E-state index < -0.39 is 0 Å². The Morgan fingerprint density at radius 1 is 1.09 bits per heavy atom. The first kappa shape index (κ1) is 13.4. The third-order valence-corrected chi connectivity index (χ3v) is 3.56. The van der Waals surface area contributed by atoms with Crippen molar-refractivity contribution < 1.29 is 4.52 Å². The number of benzene rings is 1. The van der Waals surface area contributed by atoms with Gasteiger partial charge in [0.25, 0.3) is 5.56 Å². The molecule has 0 bridgehead atoms. The molecule has 3 heterocycles. The van der Waals surface area contributed by atoms with Crippen molar-refractivity contribution in [3.8, 4) is 11.3 Å². The van der Waals surface area contributed by atoms with E-state index in [1.54, 1.807) is 24.5 Å². The lowest BCUT2D eigenvalue weighted by Crippen LogP contribution is -2.23. The summed E-state index contributed by atoms with van der Waals surface area (Å²) >= 11 is 0. The van der Waals surface area contributed by atoms with Gasteiger partial charge in [-0.25, -0.2) is 4.68 Å². The first-order valence-electron chi connectivity index (χ1n) is 7.13. The van der Waals surface area contributed by atoms with E-state index in [-0.39, 0.29) is 12.1 Å². The van der Waals surface area contributed by atoms with E-state index in [0.717, 1.165) is 11.3 Å². The lowest BCUT2D eigenvalue weighted by atomic mass is 10.1. The van der Waals surface area contributed by atoms with Crippen LogP contribution in [0.1, 0.15) is 5.76 Å². The van der Waals surface area contributed by atoms with Crippen molar-refractivity contribution in [3.05, 3.63) is 77.0 Å². The van der Waals surface area contributed by atoms with Crippen LogP contribution >= 0.6 is 0 Å². The molecule has 0 aliphatic carbocycles. The van der Waals surface area contributed by atoms with Crippen LogP contribution in [0.2, 0.25) is 0 Å². The van der Waals surface area contributed by atoms with Gasteiger partial charge in [-0.1, -0.05) is 35.5 Å². The second kappa shape index (κ2) is 5.49. The molecule has 0 atom stereocenters. The second-order valence-corrected chi connectivity index (χ2v) is 5.09. The third-order valence-electron chi connectivity index (χ3n) is 3.56. The van der Waals surface area contributed by atoms with Gasteiger partial charge < -0.3 is 4.52 Å². The minimum atomic E-state index is -0.201. The largest absolute Gasteiger partial charge is 0.359 e. The second-order valence-electron chi connectivity index (χ2n) is 5.09. The van der Waals surface area contributed by atoms with Gasteiger partial charge in [-0.15, -0.1) is 0 Å². The first-order valence-corrected chi connectivity index (χ1v) is 7.13. The summed E-state index contributed by atoms with van der Waals surface area (Å²) in [5.41, 5.74) is 2.08. The summed E-state index contributed by atoms with van der Waals surface area (Å²) in [6, 6.07) is 15.0. The van der Waals surface area contributed by atoms with E-state index in [2.05, 4.69) is 15.2 Å². The minimum absolute atomic E-state index is 0.201. The predicted molar refractivity (Wildman–Crippen MR) is 84.8 cm³/mol. The van der Waals surface area contributed by atoms with Crippen LogP contribution in [-0.4, -0.2) is 19.9 Å². The minimum Gasteiger partial charge on any atom is -0.359 e. The highest BCUT2D eigenvalue weighted by molar-refractivity contribution is 5.75. The van der Waals surface area contributed by atoms with Gasteiger partial charge in [0.2, 0.25) is 0 Å². The summed E-state index contributed by atoms with van der Waals surface area (Å²) < 4.78 is 6.67. The fourth-order valence-corrected chi connectivity index (χ4v) is 2.41. The maximum Gasteiger partial charge on any atom is 0.276 e. The van der Waals surface area contributed by atoms with Crippen LogP contribution in [0.3, 0.4) is 0 Å². The Balaban J connectivity index is 1.68. The van der Waals surface area contributed by atoms with E-state index in [0.29, 0.717) is 16.7 Å². The zero-order valence-electron chi connectivity index (χ0n) is 12.1. The highest BCUT2D eigenvalue weighted by atomic mass is 16.5. The molecule has 0 saturated heterocycles. The molecule has 3 aromatic heterocycles. The Labute approximate surface area is 131 Å². The monoisotopic (exact) mass is 304 g/mol. The topological polar surface area (TPSA) is 73.8 Å². The van der Waals surface area contributed by atoms with Crippen molar-refractivity contribution in [1.82, 2.24) is 19.9 Å². The van der Waals surface area contributed by atoms with Gasteiger partial charge in [-0.3, -0.25) is 9.78 Å². The SMILES string of the molecule is O=c1c2cccnc2cnn1Cc1cc(-c2ccccc2)no1. The molecule has 0 aliphatic heterocycles. The Bertz CT molecular complexity index is 1020. The quantitative estimate of drug-likeness (QED) is 0.581. The Hall–Kier alpha value is -3.28. The van der Waals surface area contributed by atoms with Crippen LogP contribution in [0.15, 0.2) is 70.2 Å². The zero-order chi connectivity index (χ0) is 15.6. The van der Waals surface area contributed by atoms with Crippen LogP contribution in [-0.2, 0) is 6.54 Å². The average molecular weight is 304 g/mol. The number of nitrogens with zero attached hydrogens (tertiary/aromatic N) is 4. The number of hydrogen-bond donors (Lipinski definition) is 0. The van der Waals surface area contributed by atoms with E-state index in [9.17, 15) is 4.79 Å². The molecule has 0 spiro atoms. The molecule has 4 rings (SSSR count). The fourth-order valence-electron chi connectivity index (χ4n) is 2.41. The highest BCUT2D eigenvalue weighted by Gasteiger charge is 2.10. The van der Waals surface area contributed by atoms with Gasteiger partial charge in [-0.05, 0) is 12.1 Å². The van der Waals surface area contributed by atoms with E-state index in [4.69, 9.17) is 4.52 Å². The van der Waals surface area contributed by atoms with E-state index >= 15 is 0 Å². The normalized spacial score (nSPS) is 11.0. The molecular weight excluding hydrogens is 292 g/mol. The molecule has 0 N–H and O–H groups in total. The Morgan fingerprint density at radius 2 is 1.96 bits per heavy atom. The van der Waals surface area contributed by atoms with Crippen molar-refractivity contribution in [2.45, 2.75) is 6.54 Å². The Morgan fingerprint density at radius 3 is 2.83 bits per heavy atom.